The van der Waals surface area contributed by atoms with Crippen LogP contribution < -0.4 is 0 Å². The largest absolute Gasteiger partial charge is 0.462 e. The highest BCUT2D eigenvalue weighted by molar-refractivity contribution is 5.10. The minimum absolute atomic E-state index is 0.0629. The van der Waals surface area contributed by atoms with Crippen molar-refractivity contribution < 1.29 is 14.6 Å². The van der Waals surface area contributed by atoms with Crippen LogP contribution in [0, 0.1) is 0 Å². The Morgan fingerprint density at radius 2 is 2.00 bits per heavy atom. The van der Waals surface area contributed by atoms with Gasteiger partial charge in [0.2, 0.25) is 0 Å². The first-order valence-corrected chi connectivity index (χ1v) is 7.19. The smallest absolute Gasteiger partial charge is 0.129 e. The van der Waals surface area contributed by atoms with Gasteiger partial charge >= 0.3 is 0 Å². The summed E-state index contributed by atoms with van der Waals surface area (Å²) >= 11 is 0. The lowest BCUT2D eigenvalue weighted by Gasteiger charge is -2.29. The molecule has 0 aliphatic rings. The molecule has 2 N–H and O–H groups in total. The van der Waals surface area contributed by atoms with Crippen molar-refractivity contribution in [3.63, 3.8) is 0 Å². The van der Waals surface area contributed by atoms with Gasteiger partial charge in [0.15, 0.2) is 0 Å². The number of nitrogens with zero attached hydrogens (tertiary/aromatic N) is 2. The normalized spacial score (nSPS) is 12.8. The molecular formula is C16H22N2O3. The van der Waals surface area contributed by atoms with E-state index in [1.807, 2.05) is 24.4 Å². The third kappa shape index (κ3) is 4.39. The van der Waals surface area contributed by atoms with Gasteiger partial charge in [0.1, 0.15) is 18.1 Å². The fourth-order valence-electron chi connectivity index (χ4n) is 2.34. The van der Waals surface area contributed by atoms with Crippen molar-refractivity contribution in [2.24, 2.45) is 0 Å². The van der Waals surface area contributed by atoms with E-state index in [1.54, 1.807) is 12.3 Å². The van der Waals surface area contributed by atoms with Gasteiger partial charge in [-0.05, 0) is 30.2 Å². The zero-order valence-electron chi connectivity index (χ0n) is 12.3. The molecule has 114 valence electrons. The summed E-state index contributed by atoms with van der Waals surface area (Å²) in [7, 11) is 0. The van der Waals surface area contributed by atoms with E-state index in [-0.39, 0.29) is 19.3 Å². The molecule has 2 heterocycles. The van der Waals surface area contributed by atoms with Gasteiger partial charge in [0.05, 0.1) is 13.2 Å². The molecule has 1 unspecified atom stereocenters. The monoisotopic (exact) mass is 290 g/mol. The lowest BCUT2D eigenvalue weighted by Crippen LogP contribution is -2.36. The predicted molar refractivity (Wildman–Crippen MR) is 79.3 cm³/mol. The van der Waals surface area contributed by atoms with Crippen LogP contribution in [0.3, 0.4) is 0 Å². The second-order valence-electron chi connectivity index (χ2n) is 5.04. The number of hydrogen-bond donors (Lipinski definition) is 2. The van der Waals surface area contributed by atoms with Crippen LogP contribution in [0.5, 0.6) is 0 Å². The fourth-order valence-corrected chi connectivity index (χ4v) is 2.34. The first-order chi connectivity index (χ1) is 10.3. The first-order valence-electron chi connectivity index (χ1n) is 7.19. The Balaban J connectivity index is 2.11. The van der Waals surface area contributed by atoms with Crippen molar-refractivity contribution in [2.75, 3.05) is 6.61 Å². The standard InChI is InChI=1S/C16H22N2O3/c1-2-14(11-19)18(9-13-4-3-7-17-8-13)10-15-5-6-16(12-20)21-15/h3-8,14,19-20H,2,9-12H2,1H3. The molecule has 21 heavy (non-hydrogen) atoms. The van der Waals surface area contributed by atoms with Crippen molar-refractivity contribution in [2.45, 2.75) is 39.1 Å². The Hall–Kier alpha value is -1.69. The number of aliphatic hydroxyl groups excluding tert-OH is 2. The van der Waals surface area contributed by atoms with E-state index in [4.69, 9.17) is 9.52 Å². The van der Waals surface area contributed by atoms with Crippen molar-refractivity contribution in [1.29, 1.82) is 0 Å². The molecule has 1 atom stereocenters. The summed E-state index contributed by atoms with van der Waals surface area (Å²) in [6.07, 6.45) is 4.43. The van der Waals surface area contributed by atoms with Crippen LogP contribution in [0.2, 0.25) is 0 Å². The molecule has 2 aromatic rings. The Bertz CT molecular complexity index is 523. The molecule has 5 heteroatoms. The highest BCUT2D eigenvalue weighted by atomic mass is 16.4. The summed E-state index contributed by atoms with van der Waals surface area (Å²) in [5.74, 6) is 1.35. The van der Waals surface area contributed by atoms with Crippen LogP contribution in [0.4, 0.5) is 0 Å². The number of furan rings is 1. The van der Waals surface area contributed by atoms with E-state index < -0.39 is 0 Å². The van der Waals surface area contributed by atoms with Crippen molar-refractivity contribution in [1.82, 2.24) is 9.88 Å². The van der Waals surface area contributed by atoms with Crippen molar-refractivity contribution in [3.05, 3.63) is 53.7 Å². The van der Waals surface area contributed by atoms with Gasteiger partial charge in [-0.25, -0.2) is 0 Å². The van der Waals surface area contributed by atoms with Crippen LogP contribution in [0.1, 0.15) is 30.4 Å². The van der Waals surface area contributed by atoms with Gasteiger partial charge in [-0.1, -0.05) is 13.0 Å². The maximum Gasteiger partial charge on any atom is 0.129 e. The summed E-state index contributed by atoms with van der Waals surface area (Å²) < 4.78 is 5.55. The molecule has 0 saturated carbocycles. The third-order valence-corrected chi connectivity index (χ3v) is 3.54. The van der Waals surface area contributed by atoms with Crippen molar-refractivity contribution in [3.8, 4) is 0 Å². The molecule has 0 spiro atoms. The van der Waals surface area contributed by atoms with E-state index in [9.17, 15) is 5.11 Å². The molecular weight excluding hydrogens is 268 g/mol. The summed E-state index contributed by atoms with van der Waals surface area (Å²) in [6, 6.07) is 7.63. The lowest BCUT2D eigenvalue weighted by molar-refractivity contribution is 0.0984. The van der Waals surface area contributed by atoms with Gasteiger partial charge in [-0.3, -0.25) is 9.88 Å². The summed E-state index contributed by atoms with van der Waals surface area (Å²) in [4.78, 5) is 6.29. The number of hydrogen-bond acceptors (Lipinski definition) is 5. The molecule has 0 aromatic carbocycles. The number of aliphatic hydroxyl groups is 2. The summed E-state index contributed by atoms with van der Waals surface area (Å²) in [6.45, 7) is 3.35. The molecule has 0 bridgehead atoms. The zero-order chi connectivity index (χ0) is 15.1. The van der Waals surface area contributed by atoms with Gasteiger partial charge in [-0.2, -0.15) is 0 Å². The number of rotatable bonds is 8. The first kappa shape index (κ1) is 15.7. The summed E-state index contributed by atoms with van der Waals surface area (Å²) in [5, 5.41) is 18.6. The molecule has 0 fully saturated rings. The molecule has 2 rings (SSSR count). The van der Waals surface area contributed by atoms with E-state index in [0.717, 1.165) is 17.7 Å². The molecule has 0 amide bonds. The topological polar surface area (TPSA) is 69.7 Å². The van der Waals surface area contributed by atoms with Gasteiger partial charge < -0.3 is 14.6 Å². The molecule has 0 radical (unpaired) electrons. The minimum Gasteiger partial charge on any atom is -0.462 e. The predicted octanol–water partition coefficient (Wildman–Crippen LogP) is 1.94. The van der Waals surface area contributed by atoms with E-state index in [2.05, 4.69) is 16.8 Å². The quantitative estimate of drug-likeness (QED) is 0.777. The van der Waals surface area contributed by atoms with Crippen LogP contribution in [0.15, 0.2) is 41.1 Å². The average Bonchev–Trinajstić information content (AvgIpc) is 2.97. The van der Waals surface area contributed by atoms with E-state index >= 15 is 0 Å². The van der Waals surface area contributed by atoms with Crippen LogP contribution in [-0.4, -0.2) is 32.7 Å². The van der Waals surface area contributed by atoms with Gasteiger partial charge in [0, 0.05) is 25.0 Å². The highest BCUT2D eigenvalue weighted by Crippen LogP contribution is 2.17. The minimum atomic E-state index is -0.0974. The maximum absolute atomic E-state index is 9.58. The lowest BCUT2D eigenvalue weighted by atomic mass is 10.1. The van der Waals surface area contributed by atoms with E-state index in [0.29, 0.717) is 18.8 Å². The molecule has 0 saturated heterocycles. The summed E-state index contributed by atoms with van der Waals surface area (Å²) in [5.41, 5.74) is 1.10. The molecule has 5 nitrogen and oxygen atoms in total. The van der Waals surface area contributed by atoms with E-state index in [1.165, 1.54) is 0 Å². The van der Waals surface area contributed by atoms with Crippen LogP contribution >= 0.6 is 0 Å². The second kappa shape index (κ2) is 7.93. The maximum atomic E-state index is 9.58. The zero-order valence-corrected chi connectivity index (χ0v) is 12.3. The molecule has 0 aliphatic heterocycles. The second-order valence-corrected chi connectivity index (χ2v) is 5.04. The third-order valence-electron chi connectivity index (χ3n) is 3.54. The van der Waals surface area contributed by atoms with Crippen molar-refractivity contribution >= 4 is 0 Å². The SMILES string of the molecule is CCC(CO)N(Cc1cccnc1)Cc1ccc(CO)o1. The number of aromatic nitrogens is 1. The average molecular weight is 290 g/mol. The Labute approximate surface area is 124 Å². The molecule has 2 aromatic heterocycles. The van der Waals surface area contributed by atoms with Crippen LogP contribution in [-0.2, 0) is 19.7 Å². The molecule has 0 aliphatic carbocycles. The fraction of sp³-hybridized carbons (Fsp3) is 0.438. The highest BCUT2D eigenvalue weighted by Gasteiger charge is 2.18. The Morgan fingerprint density at radius 3 is 2.57 bits per heavy atom. The van der Waals surface area contributed by atoms with Gasteiger partial charge in [-0.15, -0.1) is 0 Å². The van der Waals surface area contributed by atoms with Gasteiger partial charge in [0.25, 0.3) is 0 Å². The van der Waals surface area contributed by atoms with Crippen LogP contribution in [0.25, 0.3) is 0 Å². The number of pyridine rings is 1. The Kier molecular flexibility index (Phi) is 5.92. The Morgan fingerprint density at radius 1 is 1.19 bits per heavy atom.